The fourth-order valence-corrected chi connectivity index (χ4v) is 2.18. The van der Waals surface area contributed by atoms with Gasteiger partial charge in [0.15, 0.2) is 0 Å². The molecule has 1 saturated carbocycles. The fraction of sp³-hybridized carbons (Fsp3) is 0.562. The van der Waals surface area contributed by atoms with Crippen molar-refractivity contribution in [3.05, 3.63) is 24.3 Å². The van der Waals surface area contributed by atoms with Crippen molar-refractivity contribution in [2.24, 2.45) is 11.7 Å². The number of methoxy groups -OCH3 is 1. The molecule has 1 amide bonds. The summed E-state index contributed by atoms with van der Waals surface area (Å²) in [6.45, 7) is 2.58. The van der Waals surface area contributed by atoms with Gasteiger partial charge in [0.25, 0.3) is 0 Å². The first-order valence-electron chi connectivity index (χ1n) is 7.58. The highest BCUT2D eigenvalue weighted by Gasteiger charge is 2.22. The van der Waals surface area contributed by atoms with Crippen LogP contribution >= 0.6 is 0 Å². The van der Waals surface area contributed by atoms with Gasteiger partial charge < -0.3 is 20.7 Å². The van der Waals surface area contributed by atoms with E-state index < -0.39 is 0 Å². The minimum atomic E-state index is 0.0785. The molecule has 1 fully saturated rings. The summed E-state index contributed by atoms with van der Waals surface area (Å²) < 4.78 is 5.17. The quantitative estimate of drug-likeness (QED) is 0.721. The van der Waals surface area contributed by atoms with Gasteiger partial charge in [-0.2, -0.15) is 0 Å². The largest absolute Gasteiger partial charge is 0.497 e. The molecular formula is C16H25N3O2. The summed E-state index contributed by atoms with van der Waals surface area (Å²) >= 11 is 0. The number of carbonyl (C=O) groups is 1. The predicted molar refractivity (Wildman–Crippen MR) is 84.6 cm³/mol. The van der Waals surface area contributed by atoms with Crippen molar-refractivity contribution in [3.63, 3.8) is 0 Å². The monoisotopic (exact) mass is 291 g/mol. The van der Waals surface area contributed by atoms with Crippen LogP contribution in [0.15, 0.2) is 24.3 Å². The number of nitrogens with two attached hydrogens (primary N) is 1. The Labute approximate surface area is 126 Å². The lowest BCUT2D eigenvalue weighted by Gasteiger charge is -2.24. The van der Waals surface area contributed by atoms with Crippen LogP contribution in [0.3, 0.4) is 0 Å². The van der Waals surface area contributed by atoms with Crippen LogP contribution in [0.4, 0.5) is 5.69 Å². The van der Waals surface area contributed by atoms with Gasteiger partial charge >= 0.3 is 0 Å². The van der Waals surface area contributed by atoms with E-state index >= 15 is 0 Å². The zero-order valence-electron chi connectivity index (χ0n) is 12.7. The molecular weight excluding hydrogens is 266 g/mol. The number of ether oxygens (including phenoxy) is 1. The van der Waals surface area contributed by atoms with Gasteiger partial charge in [-0.3, -0.25) is 4.79 Å². The molecule has 0 heterocycles. The highest BCUT2D eigenvalue weighted by Crippen LogP contribution is 2.27. The summed E-state index contributed by atoms with van der Waals surface area (Å²) in [6, 6.07) is 7.77. The lowest BCUT2D eigenvalue weighted by molar-refractivity contribution is -0.119. The first kappa shape index (κ1) is 15.6. The number of nitrogens with zero attached hydrogens (tertiary/aromatic N) is 1. The minimum Gasteiger partial charge on any atom is -0.497 e. The van der Waals surface area contributed by atoms with Gasteiger partial charge in [-0.25, -0.2) is 0 Å². The third-order valence-corrected chi connectivity index (χ3v) is 3.69. The molecule has 0 saturated heterocycles. The Balaban J connectivity index is 1.92. The maximum Gasteiger partial charge on any atom is 0.239 e. The molecule has 0 bridgehead atoms. The molecule has 21 heavy (non-hydrogen) atoms. The standard InChI is InChI=1S/C16H25N3O2/c1-21-15-7-5-14(6-8-15)19(10-2-9-17)12-16(20)18-11-13-3-4-13/h5-8,13H,2-4,9-12,17H2,1H3,(H,18,20). The van der Waals surface area contributed by atoms with Gasteiger partial charge in [0, 0.05) is 18.8 Å². The van der Waals surface area contributed by atoms with E-state index in [0.717, 1.165) is 30.9 Å². The number of anilines is 1. The molecule has 116 valence electrons. The van der Waals surface area contributed by atoms with Crippen LogP contribution in [0.25, 0.3) is 0 Å². The van der Waals surface area contributed by atoms with Gasteiger partial charge in [0.05, 0.1) is 13.7 Å². The van der Waals surface area contributed by atoms with E-state index in [9.17, 15) is 4.79 Å². The van der Waals surface area contributed by atoms with E-state index in [1.54, 1.807) is 7.11 Å². The maximum absolute atomic E-state index is 12.0. The second-order valence-electron chi connectivity index (χ2n) is 5.51. The first-order valence-corrected chi connectivity index (χ1v) is 7.58. The summed E-state index contributed by atoms with van der Waals surface area (Å²) in [7, 11) is 1.65. The highest BCUT2D eigenvalue weighted by atomic mass is 16.5. The van der Waals surface area contributed by atoms with Gasteiger partial charge in [-0.05, 0) is 56.0 Å². The molecule has 1 aliphatic carbocycles. The second kappa shape index (κ2) is 7.88. The fourth-order valence-electron chi connectivity index (χ4n) is 2.18. The predicted octanol–water partition coefficient (Wildman–Crippen LogP) is 1.38. The normalized spacial score (nSPS) is 13.8. The minimum absolute atomic E-state index is 0.0785. The molecule has 1 aromatic carbocycles. The summed E-state index contributed by atoms with van der Waals surface area (Å²) in [5, 5.41) is 3.01. The second-order valence-corrected chi connectivity index (χ2v) is 5.51. The van der Waals surface area contributed by atoms with Gasteiger partial charge in [-0.15, -0.1) is 0 Å². The number of nitrogens with one attached hydrogen (secondary N) is 1. The van der Waals surface area contributed by atoms with E-state index in [1.165, 1.54) is 12.8 Å². The Kier molecular flexibility index (Phi) is 5.87. The van der Waals surface area contributed by atoms with Crippen molar-refractivity contribution in [2.75, 3.05) is 38.2 Å². The SMILES string of the molecule is COc1ccc(N(CCCN)CC(=O)NCC2CC2)cc1. The van der Waals surface area contributed by atoms with Crippen molar-refractivity contribution in [3.8, 4) is 5.75 Å². The van der Waals surface area contributed by atoms with E-state index in [2.05, 4.69) is 10.2 Å². The Bertz CT molecular complexity index is 443. The number of hydrogen-bond donors (Lipinski definition) is 2. The van der Waals surface area contributed by atoms with Crippen LogP contribution in [-0.4, -0.2) is 39.2 Å². The smallest absolute Gasteiger partial charge is 0.239 e. The average Bonchev–Trinajstić information content (AvgIpc) is 3.34. The van der Waals surface area contributed by atoms with E-state index in [1.807, 2.05) is 24.3 Å². The van der Waals surface area contributed by atoms with Crippen LogP contribution < -0.4 is 20.7 Å². The Morgan fingerprint density at radius 1 is 1.38 bits per heavy atom. The average molecular weight is 291 g/mol. The summed E-state index contributed by atoms with van der Waals surface area (Å²) in [6.07, 6.45) is 3.35. The Hall–Kier alpha value is -1.75. The summed E-state index contributed by atoms with van der Waals surface area (Å²) in [4.78, 5) is 14.1. The molecule has 1 aromatic rings. The molecule has 0 atom stereocenters. The van der Waals surface area contributed by atoms with Crippen LogP contribution in [-0.2, 0) is 4.79 Å². The van der Waals surface area contributed by atoms with E-state index in [4.69, 9.17) is 10.5 Å². The Morgan fingerprint density at radius 3 is 2.67 bits per heavy atom. The van der Waals surface area contributed by atoms with Crippen LogP contribution in [0.2, 0.25) is 0 Å². The molecule has 5 nitrogen and oxygen atoms in total. The highest BCUT2D eigenvalue weighted by molar-refractivity contribution is 5.81. The summed E-state index contributed by atoms with van der Waals surface area (Å²) in [5.74, 6) is 1.60. The third kappa shape index (κ3) is 5.27. The van der Waals surface area contributed by atoms with Crippen LogP contribution in [0.5, 0.6) is 5.75 Å². The number of amides is 1. The molecule has 0 aromatic heterocycles. The molecule has 0 aliphatic heterocycles. The molecule has 3 N–H and O–H groups in total. The molecule has 1 aliphatic rings. The van der Waals surface area contributed by atoms with E-state index in [0.29, 0.717) is 19.0 Å². The van der Waals surface area contributed by atoms with Gasteiger partial charge in [0.2, 0.25) is 5.91 Å². The molecule has 2 rings (SSSR count). The summed E-state index contributed by atoms with van der Waals surface area (Å²) in [5.41, 5.74) is 6.61. The van der Waals surface area contributed by atoms with Crippen molar-refractivity contribution in [1.29, 1.82) is 0 Å². The number of benzene rings is 1. The lowest BCUT2D eigenvalue weighted by Crippen LogP contribution is -2.39. The molecule has 0 radical (unpaired) electrons. The number of rotatable bonds is 9. The van der Waals surface area contributed by atoms with Crippen molar-refractivity contribution in [2.45, 2.75) is 19.3 Å². The lowest BCUT2D eigenvalue weighted by atomic mass is 10.2. The van der Waals surface area contributed by atoms with E-state index in [-0.39, 0.29) is 5.91 Å². The Morgan fingerprint density at radius 2 is 2.10 bits per heavy atom. The first-order chi connectivity index (χ1) is 10.2. The van der Waals surface area contributed by atoms with Crippen molar-refractivity contribution >= 4 is 11.6 Å². The van der Waals surface area contributed by atoms with Gasteiger partial charge in [-0.1, -0.05) is 0 Å². The van der Waals surface area contributed by atoms with Crippen LogP contribution in [0, 0.1) is 5.92 Å². The maximum atomic E-state index is 12.0. The zero-order valence-corrected chi connectivity index (χ0v) is 12.7. The molecule has 5 heteroatoms. The molecule has 0 unspecified atom stereocenters. The topological polar surface area (TPSA) is 67.6 Å². The number of carbonyl (C=O) groups excluding carboxylic acids is 1. The van der Waals surface area contributed by atoms with Crippen molar-refractivity contribution in [1.82, 2.24) is 5.32 Å². The molecule has 0 spiro atoms. The zero-order chi connectivity index (χ0) is 15.1. The third-order valence-electron chi connectivity index (χ3n) is 3.69. The van der Waals surface area contributed by atoms with Gasteiger partial charge in [0.1, 0.15) is 5.75 Å². The van der Waals surface area contributed by atoms with Crippen LogP contribution in [0.1, 0.15) is 19.3 Å². The van der Waals surface area contributed by atoms with Crippen molar-refractivity contribution < 1.29 is 9.53 Å². The number of hydrogen-bond acceptors (Lipinski definition) is 4.